The topological polar surface area (TPSA) is 42.0 Å². The molecule has 0 radical (unpaired) electrons. The molecule has 168 valence electrons. The Bertz CT molecular complexity index is 792. The number of nitrogens with zero attached hydrogens (tertiary/aromatic N) is 2. The summed E-state index contributed by atoms with van der Waals surface area (Å²) in [6, 6.07) is 19.0. The van der Waals surface area contributed by atoms with Crippen molar-refractivity contribution < 1.29 is 14.3 Å². The van der Waals surface area contributed by atoms with E-state index >= 15 is 0 Å². The van der Waals surface area contributed by atoms with Crippen LogP contribution in [-0.2, 0) is 14.3 Å². The maximum absolute atomic E-state index is 11.7. The molecule has 0 saturated carbocycles. The summed E-state index contributed by atoms with van der Waals surface area (Å²) in [4.78, 5) is 16.6. The molecule has 2 atom stereocenters. The minimum atomic E-state index is -0.284. The molecule has 1 saturated heterocycles. The van der Waals surface area contributed by atoms with E-state index in [0.717, 1.165) is 44.2 Å². The number of halogens is 1. The molecule has 5 nitrogen and oxygen atoms in total. The van der Waals surface area contributed by atoms with Gasteiger partial charge in [-0.05, 0) is 36.6 Å². The van der Waals surface area contributed by atoms with E-state index in [4.69, 9.17) is 21.1 Å². The SMILES string of the molecule is CCC(C)OC(=O)COCCN1CCN(C(c2ccccc2)c2ccc(Cl)cc2)CC1. The van der Waals surface area contributed by atoms with E-state index in [-0.39, 0.29) is 24.7 Å². The minimum Gasteiger partial charge on any atom is -0.461 e. The second kappa shape index (κ2) is 12.2. The largest absolute Gasteiger partial charge is 0.461 e. The van der Waals surface area contributed by atoms with Crippen LogP contribution in [0, 0.1) is 0 Å². The Morgan fingerprint density at radius 3 is 2.29 bits per heavy atom. The van der Waals surface area contributed by atoms with Crippen LogP contribution in [-0.4, -0.2) is 67.8 Å². The molecule has 6 heteroatoms. The molecular formula is C25H33ClN2O3. The Balaban J connectivity index is 1.50. The number of piperazine rings is 1. The number of benzene rings is 2. The van der Waals surface area contributed by atoms with Crippen LogP contribution in [0.2, 0.25) is 5.02 Å². The third-order valence-electron chi connectivity index (χ3n) is 5.75. The fourth-order valence-corrected chi connectivity index (χ4v) is 3.96. The average Bonchev–Trinajstić information content (AvgIpc) is 2.80. The number of carbonyl (C=O) groups excluding carboxylic acids is 1. The molecule has 0 amide bonds. The highest BCUT2D eigenvalue weighted by molar-refractivity contribution is 6.30. The first-order valence-electron chi connectivity index (χ1n) is 11.1. The van der Waals surface area contributed by atoms with E-state index in [1.165, 1.54) is 11.1 Å². The van der Waals surface area contributed by atoms with Gasteiger partial charge in [0.1, 0.15) is 6.61 Å². The van der Waals surface area contributed by atoms with Gasteiger partial charge in [-0.15, -0.1) is 0 Å². The Labute approximate surface area is 190 Å². The van der Waals surface area contributed by atoms with Gasteiger partial charge in [0.15, 0.2) is 0 Å². The molecule has 2 aromatic rings. The smallest absolute Gasteiger partial charge is 0.332 e. The number of rotatable bonds is 10. The number of carbonyl (C=O) groups is 1. The van der Waals surface area contributed by atoms with Crippen LogP contribution in [0.4, 0.5) is 0 Å². The Kier molecular flexibility index (Phi) is 9.34. The third-order valence-corrected chi connectivity index (χ3v) is 6.00. The van der Waals surface area contributed by atoms with Crippen molar-refractivity contribution in [2.45, 2.75) is 32.4 Å². The van der Waals surface area contributed by atoms with Crippen LogP contribution in [0.5, 0.6) is 0 Å². The first-order chi connectivity index (χ1) is 15.1. The van der Waals surface area contributed by atoms with E-state index < -0.39 is 0 Å². The molecule has 1 heterocycles. The van der Waals surface area contributed by atoms with Gasteiger partial charge in [-0.3, -0.25) is 9.80 Å². The lowest BCUT2D eigenvalue weighted by molar-refractivity contribution is -0.153. The Morgan fingerprint density at radius 1 is 1.00 bits per heavy atom. The average molecular weight is 445 g/mol. The highest BCUT2D eigenvalue weighted by Crippen LogP contribution is 2.30. The first-order valence-corrected chi connectivity index (χ1v) is 11.5. The lowest BCUT2D eigenvalue weighted by Crippen LogP contribution is -2.48. The lowest BCUT2D eigenvalue weighted by Gasteiger charge is -2.39. The normalized spacial score (nSPS) is 17.3. The second-order valence-corrected chi connectivity index (χ2v) is 8.44. The fraction of sp³-hybridized carbons (Fsp3) is 0.480. The maximum atomic E-state index is 11.7. The van der Waals surface area contributed by atoms with Crippen LogP contribution >= 0.6 is 11.6 Å². The van der Waals surface area contributed by atoms with Crippen LogP contribution in [0.15, 0.2) is 54.6 Å². The molecule has 1 fully saturated rings. The van der Waals surface area contributed by atoms with E-state index in [1.54, 1.807) is 0 Å². The van der Waals surface area contributed by atoms with Crippen molar-refractivity contribution in [3.63, 3.8) is 0 Å². The van der Waals surface area contributed by atoms with Crippen molar-refractivity contribution in [1.29, 1.82) is 0 Å². The summed E-state index contributed by atoms with van der Waals surface area (Å²) in [6.45, 7) is 9.15. The summed E-state index contributed by atoms with van der Waals surface area (Å²) < 4.78 is 10.8. The van der Waals surface area contributed by atoms with Crippen molar-refractivity contribution in [3.05, 3.63) is 70.7 Å². The van der Waals surface area contributed by atoms with Crippen molar-refractivity contribution in [2.24, 2.45) is 0 Å². The Hall–Kier alpha value is -1.92. The van der Waals surface area contributed by atoms with Crippen LogP contribution in [0.3, 0.4) is 0 Å². The molecule has 1 aliphatic heterocycles. The summed E-state index contributed by atoms with van der Waals surface area (Å²) in [7, 11) is 0. The Morgan fingerprint density at radius 2 is 1.65 bits per heavy atom. The standard InChI is InChI=1S/C25H33ClN2O3/c1-3-20(2)31-24(29)19-30-18-17-27-13-15-28(16-14-27)25(21-7-5-4-6-8-21)22-9-11-23(26)12-10-22/h4-12,20,25H,3,13-19H2,1-2H3. The maximum Gasteiger partial charge on any atom is 0.332 e. The van der Waals surface area contributed by atoms with Gasteiger partial charge in [0, 0.05) is 37.7 Å². The second-order valence-electron chi connectivity index (χ2n) is 8.00. The van der Waals surface area contributed by atoms with Crippen LogP contribution < -0.4 is 0 Å². The zero-order chi connectivity index (χ0) is 22.1. The molecule has 3 rings (SSSR count). The minimum absolute atomic E-state index is 0.0248. The van der Waals surface area contributed by atoms with Gasteiger partial charge >= 0.3 is 5.97 Å². The van der Waals surface area contributed by atoms with E-state index in [9.17, 15) is 4.79 Å². The van der Waals surface area contributed by atoms with Gasteiger partial charge in [-0.25, -0.2) is 4.79 Å². The van der Waals surface area contributed by atoms with Crippen molar-refractivity contribution >= 4 is 17.6 Å². The highest BCUT2D eigenvalue weighted by Gasteiger charge is 2.26. The van der Waals surface area contributed by atoms with Crippen molar-refractivity contribution in [3.8, 4) is 0 Å². The zero-order valence-electron chi connectivity index (χ0n) is 18.5. The van der Waals surface area contributed by atoms with Gasteiger partial charge in [0.2, 0.25) is 0 Å². The van der Waals surface area contributed by atoms with Crippen LogP contribution in [0.25, 0.3) is 0 Å². The van der Waals surface area contributed by atoms with Gasteiger partial charge in [-0.1, -0.05) is 61.0 Å². The van der Waals surface area contributed by atoms with E-state index in [0.29, 0.717) is 6.61 Å². The molecule has 0 aromatic heterocycles. The van der Waals surface area contributed by atoms with Gasteiger partial charge in [0.05, 0.1) is 18.8 Å². The summed E-state index contributed by atoms with van der Waals surface area (Å²) in [5, 5.41) is 0.758. The quantitative estimate of drug-likeness (QED) is 0.401. The summed E-state index contributed by atoms with van der Waals surface area (Å²) in [6.07, 6.45) is 0.762. The third kappa shape index (κ3) is 7.32. The molecule has 0 aliphatic carbocycles. The first kappa shape index (κ1) is 23.7. The van der Waals surface area contributed by atoms with Gasteiger partial charge in [0.25, 0.3) is 0 Å². The number of ether oxygens (including phenoxy) is 2. The summed E-state index contributed by atoms with van der Waals surface area (Å²) in [5.74, 6) is -0.284. The molecule has 31 heavy (non-hydrogen) atoms. The molecule has 1 aliphatic rings. The summed E-state index contributed by atoms with van der Waals surface area (Å²) >= 11 is 6.12. The molecule has 0 N–H and O–H groups in total. The number of hydrogen-bond acceptors (Lipinski definition) is 5. The zero-order valence-corrected chi connectivity index (χ0v) is 19.3. The van der Waals surface area contributed by atoms with E-state index in [1.807, 2.05) is 26.0 Å². The molecule has 2 aromatic carbocycles. The number of esters is 1. The molecular weight excluding hydrogens is 412 g/mol. The fourth-order valence-electron chi connectivity index (χ4n) is 3.83. The van der Waals surface area contributed by atoms with E-state index in [2.05, 4.69) is 52.3 Å². The lowest BCUT2D eigenvalue weighted by atomic mass is 9.96. The van der Waals surface area contributed by atoms with Crippen molar-refractivity contribution in [1.82, 2.24) is 9.80 Å². The van der Waals surface area contributed by atoms with Crippen LogP contribution in [0.1, 0.15) is 37.4 Å². The van der Waals surface area contributed by atoms with Crippen molar-refractivity contribution in [2.75, 3.05) is 45.9 Å². The monoisotopic (exact) mass is 444 g/mol. The molecule has 2 unspecified atom stereocenters. The van der Waals surface area contributed by atoms with Gasteiger partial charge in [-0.2, -0.15) is 0 Å². The number of hydrogen-bond donors (Lipinski definition) is 0. The van der Waals surface area contributed by atoms with Gasteiger partial charge < -0.3 is 9.47 Å². The summed E-state index contributed by atoms with van der Waals surface area (Å²) in [5.41, 5.74) is 2.55. The predicted octanol–water partition coefficient (Wildman–Crippen LogP) is 4.41. The molecule has 0 bridgehead atoms. The molecule has 0 spiro atoms. The predicted molar refractivity (Wildman–Crippen MR) is 124 cm³/mol. The highest BCUT2D eigenvalue weighted by atomic mass is 35.5.